The molecule has 1 aliphatic heterocycles. The molecule has 0 aliphatic carbocycles. The van der Waals surface area contributed by atoms with Gasteiger partial charge in [0.25, 0.3) is 0 Å². The fraction of sp³-hybridized carbons (Fsp3) is 0.300. The van der Waals surface area contributed by atoms with Crippen molar-refractivity contribution in [2.45, 2.75) is 18.6 Å². The summed E-state index contributed by atoms with van der Waals surface area (Å²) in [6, 6.07) is 12.8. The highest BCUT2D eigenvalue weighted by molar-refractivity contribution is 8.00. The third-order valence-electron chi connectivity index (χ3n) is 4.06. The molecule has 3 rings (SSSR count). The lowest BCUT2D eigenvalue weighted by Gasteiger charge is -2.16. The monoisotopic (exact) mass is 403 g/mol. The van der Waals surface area contributed by atoms with Crippen LogP contribution in [0.3, 0.4) is 0 Å². The van der Waals surface area contributed by atoms with Gasteiger partial charge in [-0.15, -0.1) is 11.8 Å². The van der Waals surface area contributed by atoms with Crippen molar-refractivity contribution in [2.75, 3.05) is 12.3 Å². The van der Waals surface area contributed by atoms with Gasteiger partial charge in [-0.1, -0.05) is 42.5 Å². The van der Waals surface area contributed by atoms with E-state index < -0.39 is 23.1 Å². The highest BCUT2D eigenvalue weighted by Gasteiger charge is 2.26. The summed E-state index contributed by atoms with van der Waals surface area (Å²) in [6.45, 7) is 2.12. The molecule has 1 aliphatic rings. The van der Waals surface area contributed by atoms with Gasteiger partial charge in [-0.3, -0.25) is 19.2 Å². The molecule has 28 heavy (non-hydrogen) atoms. The van der Waals surface area contributed by atoms with Crippen LogP contribution in [0.25, 0.3) is 10.8 Å². The van der Waals surface area contributed by atoms with Gasteiger partial charge in [-0.2, -0.15) is 0 Å². The number of aliphatic carboxylic acids is 2. The van der Waals surface area contributed by atoms with Crippen molar-refractivity contribution in [3.8, 4) is 0 Å². The Balaban J connectivity index is 0.000000620. The van der Waals surface area contributed by atoms with Crippen LogP contribution >= 0.6 is 11.8 Å². The van der Waals surface area contributed by atoms with E-state index in [0.29, 0.717) is 12.1 Å². The standard InChI is InChI=1S/C18H18O5S.C2H3NO/c1-11(18(22)23)24-10-13(9-16(19)20)17(21)15-8-4-6-12-5-2-3-7-14(12)15;4-2-1-3-2/h2-8,11,13H,9-10H2,1H3,(H,19,20)(H,22,23);1H2,(H,3,4). The predicted octanol–water partition coefficient (Wildman–Crippen LogP) is 2.44. The van der Waals surface area contributed by atoms with Crippen molar-refractivity contribution in [3.05, 3.63) is 48.0 Å². The highest BCUT2D eigenvalue weighted by atomic mass is 32.2. The maximum atomic E-state index is 12.9. The molecule has 2 aromatic rings. The number of thioether (sulfide) groups is 1. The molecule has 1 fully saturated rings. The van der Waals surface area contributed by atoms with Crippen LogP contribution in [-0.4, -0.2) is 51.4 Å². The van der Waals surface area contributed by atoms with Gasteiger partial charge >= 0.3 is 11.9 Å². The van der Waals surface area contributed by atoms with E-state index in [1.54, 1.807) is 12.1 Å². The number of nitrogens with one attached hydrogen (secondary N) is 1. The predicted molar refractivity (Wildman–Crippen MR) is 107 cm³/mol. The molecule has 0 aromatic heterocycles. The van der Waals surface area contributed by atoms with Gasteiger partial charge < -0.3 is 15.5 Å². The van der Waals surface area contributed by atoms with Crippen molar-refractivity contribution >= 4 is 46.2 Å². The van der Waals surface area contributed by atoms with E-state index in [4.69, 9.17) is 10.2 Å². The van der Waals surface area contributed by atoms with Crippen LogP contribution in [-0.2, 0) is 14.4 Å². The number of ketones is 1. The summed E-state index contributed by atoms with van der Waals surface area (Å²) in [7, 11) is 0. The molecular weight excluding hydrogens is 382 g/mol. The summed E-state index contributed by atoms with van der Waals surface area (Å²) in [4.78, 5) is 44.3. The zero-order valence-electron chi connectivity index (χ0n) is 15.3. The van der Waals surface area contributed by atoms with E-state index in [9.17, 15) is 19.2 Å². The maximum absolute atomic E-state index is 12.9. The number of amides is 1. The van der Waals surface area contributed by atoms with Crippen LogP contribution in [0.2, 0.25) is 0 Å². The fourth-order valence-corrected chi connectivity index (χ4v) is 3.40. The molecule has 2 aromatic carbocycles. The molecule has 3 N–H and O–H groups in total. The van der Waals surface area contributed by atoms with Crippen LogP contribution in [0.1, 0.15) is 23.7 Å². The van der Waals surface area contributed by atoms with Crippen molar-refractivity contribution in [1.29, 1.82) is 0 Å². The molecule has 0 bridgehead atoms. The Morgan fingerprint density at radius 3 is 2.29 bits per heavy atom. The van der Waals surface area contributed by atoms with Crippen LogP contribution in [0, 0.1) is 5.92 Å². The number of carbonyl (C=O) groups is 4. The smallest absolute Gasteiger partial charge is 0.316 e. The number of carbonyl (C=O) groups excluding carboxylic acids is 2. The minimum absolute atomic E-state index is 0.155. The Hall–Kier alpha value is -2.87. The summed E-state index contributed by atoms with van der Waals surface area (Å²) < 4.78 is 0. The lowest BCUT2D eigenvalue weighted by molar-refractivity contribution is -0.138. The van der Waals surface area contributed by atoms with Gasteiger partial charge in [0.1, 0.15) is 0 Å². The average Bonchev–Trinajstić information content (AvgIpc) is 3.46. The van der Waals surface area contributed by atoms with E-state index in [-0.39, 0.29) is 23.9 Å². The molecule has 0 spiro atoms. The van der Waals surface area contributed by atoms with Gasteiger partial charge in [0.2, 0.25) is 5.91 Å². The molecular formula is C20H21NO6S. The van der Waals surface area contributed by atoms with E-state index in [1.807, 2.05) is 30.3 Å². The maximum Gasteiger partial charge on any atom is 0.316 e. The minimum atomic E-state index is -1.07. The summed E-state index contributed by atoms with van der Waals surface area (Å²) in [5.41, 5.74) is 0.475. The SMILES string of the molecule is CC(SCC(CC(=O)O)C(=O)c1cccc2ccccc12)C(=O)O.O=C1CN1. The number of Topliss-reactive ketones (excluding diaryl/α,β-unsaturated/α-hetero) is 1. The first-order valence-corrected chi connectivity index (χ1v) is 9.69. The van der Waals surface area contributed by atoms with Gasteiger partial charge in [0.15, 0.2) is 5.78 Å². The zero-order chi connectivity index (χ0) is 20.7. The van der Waals surface area contributed by atoms with E-state index in [0.717, 1.165) is 22.5 Å². The topological polar surface area (TPSA) is 131 Å². The van der Waals surface area contributed by atoms with Crippen molar-refractivity contribution < 1.29 is 29.4 Å². The van der Waals surface area contributed by atoms with Crippen LogP contribution in [0.4, 0.5) is 0 Å². The Labute approximate surface area is 166 Å². The molecule has 1 amide bonds. The minimum Gasteiger partial charge on any atom is -0.481 e. The molecule has 2 atom stereocenters. The number of hydrogen-bond acceptors (Lipinski definition) is 5. The molecule has 8 heteroatoms. The lowest BCUT2D eigenvalue weighted by atomic mass is 9.92. The number of hydrogen-bond donors (Lipinski definition) is 3. The second-order valence-electron chi connectivity index (χ2n) is 6.28. The van der Waals surface area contributed by atoms with E-state index >= 15 is 0 Å². The zero-order valence-corrected chi connectivity index (χ0v) is 16.1. The Morgan fingerprint density at radius 2 is 1.71 bits per heavy atom. The third kappa shape index (κ3) is 6.38. The number of carboxylic acids is 2. The summed E-state index contributed by atoms with van der Waals surface area (Å²) in [5, 5.41) is 21.5. The number of carboxylic acid groups (broad SMARTS) is 2. The van der Waals surface area contributed by atoms with E-state index in [1.165, 1.54) is 6.92 Å². The van der Waals surface area contributed by atoms with Gasteiger partial charge in [0.05, 0.1) is 18.2 Å². The summed E-state index contributed by atoms with van der Waals surface area (Å²) >= 11 is 1.08. The molecule has 7 nitrogen and oxygen atoms in total. The number of benzene rings is 2. The largest absolute Gasteiger partial charge is 0.481 e. The summed E-state index contributed by atoms with van der Waals surface area (Å²) in [5.74, 6) is -2.76. The van der Waals surface area contributed by atoms with Crippen molar-refractivity contribution in [3.63, 3.8) is 0 Å². The first kappa shape index (κ1) is 21.4. The summed E-state index contributed by atoms with van der Waals surface area (Å²) in [6.07, 6.45) is -0.318. The Morgan fingerprint density at radius 1 is 1.11 bits per heavy atom. The lowest BCUT2D eigenvalue weighted by Crippen LogP contribution is -2.23. The first-order valence-electron chi connectivity index (χ1n) is 8.64. The molecule has 148 valence electrons. The first-order chi connectivity index (χ1) is 13.3. The quantitative estimate of drug-likeness (QED) is 0.456. The fourth-order valence-electron chi connectivity index (χ4n) is 2.47. The molecule has 2 unspecified atom stereocenters. The van der Waals surface area contributed by atoms with Gasteiger partial charge in [-0.05, 0) is 17.7 Å². The average molecular weight is 403 g/mol. The Kier molecular flexibility index (Phi) is 7.57. The molecule has 1 saturated heterocycles. The number of fused-ring (bicyclic) bond motifs is 1. The third-order valence-corrected chi connectivity index (χ3v) is 5.36. The highest BCUT2D eigenvalue weighted by Crippen LogP contribution is 2.26. The van der Waals surface area contributed by atoms with Crippen molar-refractivity contribution in [2.24, 2.45) is 5.92 Å². The van der Waals surface area contributed by atoms with Gasteiger partial charge in [-0.25, -0.2) is 0 Å². The van der Waals surface area contributed by atoms with Crippen molar-refractivity contribution in [1.82, 2.24) is 5.32 Å². The molecule has 0 saturated carbocycles. The molecule has 1 heterocycles. The van der Waals surface area contributed by atoms with Crippen LogP contribution < -0.4 is 5.32 Å². The Bertz CT molecular complexity index is 886. The van der Waals surface area contributed by atoms with E-state index in [2.05, 4.69) is 5.32 Å². The second-order valence-corrected chi connectivity index (χ2v) is 7.65. The van der Waals surface area contributed by atoms with Crippen LogP contribution in [0.5, 0.6) is 0 Å². The van der Waals surface area contributed by atoms with Crippen LogP contribution in [0.15, 0.2) is 42.5 Å². The molecule has 0 radical (unpaired) electrons. The van der Waals surface area contributed by atoms with Gasteiger partial charge in [0, 0.05) is 17.2 Å². The normalized spacial score (nSPS) is 14.2. The second kappa shape index (κ2) is 9.89. The number of rotatable bonds is 8.